The van der Waals surface area contributed by atoms with E-state index in [-0.39, 0.29) is 24.7 Å². The third kappa shape index (κ3) is 5.02. The minimum Gasteiger partial charge on any atom is -0.460 e. The zero-order chi connectivity index (χ0) is 19.9. The Kier molecular flexibility index (Phi) is 6.50. The number of carbonyl (C=O) groups is 2. The van der Waals surface area contributed by atoms with Gasteiger partial charge in [0.15, 0.2) is 5.78 Å². The number of hydrogen-bond acceptors (Lipinski definition) is 5. The summed E-state index contributed by atoms with van der Waals surface area (Å²) < 4.78 is 5.29. The van der Waals surface area contributed by atoms with E-state index in [1.54, 1.807) is 12.3 Å². The highest BCUT2D eigenvalue weighted by molar-refractivity contribution is 5.97. The number of pyridine rings is 1. The fourth-order valence-electron chi connectivity index (χ4n) is 2.96. The van der Waals surface area contributed by atoms with Crippen LogP contribution >= 0.6 is 0 Å². The number of esters is 1. The van der Waals surface area contributed by atoms with Crippen LogP contribution in [-0.2, 0) is 16.1 Å². The zero-order valence-corrected chi connectivity index (χ0v) is 15.9. The van der Waals surface area contributed by atoms with E-state index in [0.717, 1.165) is 16.3 Å². The van der Waals surface area contributed by atoms with Crippen molar-refractivity contribution in [2.75, 3.05) is 0 Å². The molecule has 0 aliphatic rings. The van der Waals surface area contributed by atoms with Gasteiger partial charge in [-0.25, -0.2) is 0 Å². The smallest absolute Gasteiger partial charge is 0.323 e. The Morgan fingerprint density at radius 1 is 1.04 bits per heavy atom. The molecule has 0 aliphatic carbocycles. The van der Waals surface area contributed by atoms with Crippen molar-refractivity contribution < 1.29 is 14.3 Å². The van der Waals surface area contributed by atoms with Crippen LogP contribution in [0.5, 0.6) is 0 Å². The average molecular weight is 376 g/mol. The Labute approximate surface area is 164 Å². The third-order valence-corrected chi connectivity index (χ3v) is 4.85. The van der Waals surface area contributed by atoms with Crippen molar-refractivity contribution in [1.29, 1.82) is 0 Å². The first kappa shape index (κ1) is 19.7. The molecule has 28 heavy (non-hydrogen) atoms. The molecule has 0 fully saturated rings. The molecule has 0 radical (unpaired) electrons. The van der Waals surface area contributed by atoms with Gasteiger partial charge in [-0.15, -0.1) is 0 Å². The summed E-state index contributed by atoms with van der Waals surface area (Å²) in [6, 6.07) is 18.3. The summed E-state index contributed by atoms with van der Waals surface area (Å²) in [6.07, 6.45) is 2.49. The number of ketones is 1. The first-order valence-electron chi connectivity index (χ1n) is 9.38. The van der Waals surface area contributed by atoms with E-state index in [9.17, 15) is 9.59 Å². The van der Waals surface area contributed by atoms with E-state index in [1.165, 1.54) is 0 Å². The van der Waals surface area contributed by atoms with Crippen molar-refractivity contribution in [3.8, 4) is 0 Å². The van der Waals surface area contributed by atoms with Crippen LogP contribution in [0.3, 0.4) is 0 Å². The zero-order valence-electron chi connectivity index (χ0n) is 15.9. The number of ether oxygens (including phenoxy) is 1. The van der Waals surface area contributed by atoms with Gasteiger partial charge >= 0.3 is 5.97 Å². The maximum atomic E-state index is 12.5. The quantitative estimate of drug-likeness (QED) is 0.476. The number of rotatable bonds is 8. The second kappa shape index (κ2) is 9.24. The largest absolute Gasteiger partial charge is 0.460 e. The van der Waals surface area contributed by atoms with Crippen molar-refractivity contribution in [3.63, 3.8) is 0 Å². The molecular weight excluding hydrogens is 352 g/mol. The van der Waals surface area contributed by atoms with Crippen LogP contribution in [0.1, 0.15) is 35.8 Å². The molecule has 0 saturated carbocycles. The lowest BCUT2D eigenvalue weighted by Crippen LogP contribution is -2.38. The summed E-state index contributed by atoms with van der Waals surface area (Å²) in [5.41, 5.74) is 7.37. The van der Waals surface area contributed by atoms with Crippen LogP contribution in [0.15, 0.2) is 66.9 Å². The third-order valence-electron chi connectivity index (χ3n) is 4.85. The maximum Gasteiger partial charge on any atom is 0.323 e. The molecule has 5 nitrogen and oxygen atoms in total. The van der Waals surface area contributed by atoms with Crippen molar-refractivity contribution in [1.82, 2.24) is 4.98 Å². The standard InChI is InChI=1S/C23H24N2O3/c1-16(22(24)23(27)28-15-17-7-3-2-4-8-17)11-12-21(26)20-13-18-9-5-6-10-19(18)14-25-20/h2-10,13-14,16,22H,11-12,15,24H2,1H3/t16-,22-/m0/s1. The summed E-state index contributed by atoms with van der Waals surface area (Å²) in [7, 11) is 0. The highest BCUT2D eigenvalue weighted by Crippen LogP contribution is 2.17. The van der Waals surface area contributed by atoms with Gasteiger partial charge in [0.25, 0.3) is 0 Å². The summed E-state index contributed by atoms with van der Waals surface area (Å²) in [5, 5.41) is 1.98. The molecule has 0 amide bonds. The first-order chi connectivity index (χ1) is 13.5. The fraction of sp³-hybridized carbons (Fsp3) is 0.261. The molecule has 2 atom stereocenters. The lowest BCUT2D eigenvalue weighted by atomic mass is 9.95. The molecule has 0 aliphatic heterocycles. The van der Waals surface area contributed by atoms with Crippen molar-refractivity contribution >= 4 is 22.5 Å². The van der Waals surface area contributed by atoms with E-state index < -0.39 is 12.0 Å². The predicted octanol–water partition coefficient (Wildman–Crippen LogP) is 3.90. The Hall–Kier alpha value is -3.05. The SMILES string of the molecule is C[C@@H](CCC(=O)c1cc2ccccc2cn1)[C@H](N)C(=O)OCc1ccccc1. The summed E-state index contributed by atoms with van der Waals surface area (Å²) in [4.78, 5) is 28.9. The Balaban J connectivity index is 1.51. The molecule has 2 aromatic carbocycles. The average Bonchev–Trinajstić information content (AvgIpc) is 2.75. The van der Waals surface area contributed by atoms with Gasteiger partial charge in [0.2, 0.25) is 0 Å². The normalized spacial score (nSPS) is 13.1. The number of fused-ring (bicyclic) bond motifs is 1. The highest BCUT2D eigenvalue weighted by Gasteiger charge is 2.23. The highest BCUT2D eigenvalue weighted by atomic mass is 16.5. The van der Waals surface area contributed by atoms with Gasteiger partial charge in [0.1, 0.15) is 18.3 Å². The maximum absolute atomic E-state index is 12.5. The molecule has 3 aromatic rings. The Morgan fingerprint density at radius 2 is 1.71 bits per heavy atom. The molecule has 0 spiro atoms. The van der Waals surface area contributed by atoms with E-state index >= 15 is 0 Å². The lowest BCUT2D eigenvalue weighted by molar-refractivity contribution is -0.147. The van der Waals surface area contributed by atoms with Gasteiger partial charge in [0, 0.05) is 18.0 Å². The second-order valence-corrected chi connectivity index (χ2v) is 6.97. The molecule has 0 saturated heterocycles. The molecule has 1 aromatic heterocycles. The van der Waals surface area contributed by atoms with Crippen LogP contribution in [-0.4, -0.2) is 22.8 Å². The minimum absolute atomic E-state index is 0.0533. The molecule has 2 N–H and O–H groups in total. The van der Waals surface area contributed by atoms with Crippen molar-refractivity contribution in [3.05, 3.63) is 78.1 Å². The molecule has 144 valence electrons. The van der Waals surface area contributed by atoms with Gasteiger partial charge < -0.3 is 10.5 Å². The Morgan fingerprint density at radius 3 is 2.46 bits per heavy atom. The number of carbonyl (C=O) groups excluding carboxylic acids is 2. The predicted molar refractivity (Wildman–Crippen MR) is 109 cm³/mol. The van der Waals surface area contributed by atoms with Crippen LogP contribution < -0.4 is 5.73 Å². The van der Waals surface area contributed by atoms with Crippen LogP contribution in [0.25, 0.3) is 10.8 Å². The minimum atomic E-state index is -0.763. The summed E-state index contributed by atoms with van der Waals surface area (Å²) >= 11 is 0. The van der Waals surface area contributed by atoms with E-state index in [2.05, 4.69) is 4.98 Å². The van der Waals surface area contributed by atoms with Gasteiger partial charge in [-0.2, -0.15) is 0 Å². The topological polar surface area (TPSA) is 82.3 Å². The molecule has 0 unspecified atom stereocenters. The van der Waals surface area contributed by atoms with E-state index in [4.69, 9.17) is 10.5 Å². The molecule has 3 rings (SSSR count). The number of benzene rings is 2. The molecule has 5 heteroatoms. The lowest BCUT2D eigenvalue weighted by Gasteiger charge is -2.18. The van der Waals surface area contributed by atoms with E-state index in [0.29, 0.717) is 12.1 Å². The number of nitrogens with two attached hydrogens (primary N) is 1. The fourth-order valence-corrected chi connectivity index (χ4v) is 2.96. The number of Topliss-reactive ketones (excluding diaryl/α,β-unsaturated/α-hetero) is 1. The molecule has 0 bridgehead atoms. The van der Waals surface area contributed by atoms with Gasteiger partial charge in [-0.1, -0.05) is 61.5 Å². The van der Waals surface area contributed by atoms with Crippen molar-refractivity contribution in [2.45, 2.75) is 32.4 Å². The monoisotopic (exact) mass is 376 g/mol. The van der Waals surface area contributed by atoms with Gasteiger partial charge in [-0.3, -0.25) is 14.6 Å². The number of aromatic nitrogens is 1. The molecular formula is C23H24N2O3. The Bertz CT molecular complexity index is 956. The van der Waals surface area contributed by atoms with Crippen LogP contribution in [0.4, 0.5) is 0 Å². The second-order valence-electron chi connectivity index (χ2n) is 6.97. The summed E-state index contributed by atoms with van der Waals surface area (Å²) in [5.74, 6) is -0.678. The van der Waals surface area contributed by atoms with Crippen LogP contribution in [0.2, 0.25) is 0 Å². The number of nitrogens with zero attached hydrogens (tertiary/aromatic N) is 1. The van der Waals surface area contributed by atoms with Gasteiger partial charge in [0.05, 0.1) is 0 Å². The van der Waals surface area contributed by atoms with E-state index in [1.807, 2.05) is 61.5 Å². The van der Waals surface area contributed by atoms with Crippen molar-refractivity contribution in [2.24, 2.45) is 11.7 Å². The summed E-state index contributed by atoms with van der Waals surface area (Å²) in [6.45, 7) is 2.05. The number of hydrogen-bond donors (Lipinski definition) is 1. The van der Waals surface area contributed by atoms with Gasteiger partial charge in [-0.05, 0) is 29.4 Å². The first-order valence-corrected chi connectivity index (χ1v) is 9.38. The molecule has 1 heterocycles. The van der Waals surface area contributed by atoms with Crippen LogP contribution in [0, 0.1) is 5.92 Å².